The summed E-state index contributed by atoms with van der Waals surface area (Å²) in [6.07, 6.45) is 1.61. The average Bonchev–Trinajstić information content (AvgIpc) is 2.81. The van der Waals surface area contributed by atoms with Crippen LogP contribution in [0.2, 0.25) is 5.02 Å². The Morgan fingerprint density at radius 2 is 1.91 bits per heavy atom. The second-order valence-corrected chi connectivity index (χ2v) is 8.78. The Morgan fingerprint density at radius 3 is 2.53 bits per heavy atom. The number of aromatic amines is 1. The highest BCUT2D eigenvalue weighted by molar-refractivity contribution is 6.31. The number of nitrogens with two attached hydrogens (primary N) is 1. The number of unbranched alkanes of at least 4 members (excludes halogenated alkanes) is 1. The number of carbonyl (C=O) groups excluding carboxylic acids is 1. The number of hydrogen-bond donors (Lipinski definition) is 2. The Bertz CT molecular complexity index is 1110. The number of nitrogens with zero attached hydrogens (tertiary/aromatic N) is 4. The Kier molecular flexibility index (Phi) is 8.73. The number of nitrogen functional groups attached to an aromatic ring is 1. The number of amides is 1. The lowest BCUT2D eigenvalue weighted by atomic mass is 10.2. The van der Waals surface area contributed by atoms with Gasteiger partial charge in [-0.3, -0.25) is 24.0 Å². The number of anilines is 2. The summed E-state index contributed by atoms with van der Waals surface area (Å²) >= 11 is 6.14. The molecule has 2 aromatic rings. The third kappa shape index (κ3) is 5.79. The Morgan fingerprint density at radius 1 is 1.21 bits per heavy atom. The summed E-state index contributed by atoms with van der Waals surface area (Å²) in [6, 6.07) is 4.63. The lowest BCUT2D eigenvalue weighted by Gasteiger charge is -2.36. The number of aromatic nitrogens is 2. The van der Waals surface area contributed by atoms with Crippen LogP contribution in [0.1, 0.15) is 32.3 Å². The van der Waals surface area contributed by atoms with E-state index in [0.717, 1.165) is 12.8 Å². The van der Waals surface area contributed by atoms with Crippen LogP contribution in [0.25, 0.3) is 0 Å². The van der Waals surface area contributed by atoms with Crippen LogP contribution in [0, 0.1) is 5.82 Å². The highest BCUT2D eigenvalue weighted by Crippen LogP contribution is 2.22. The molecule has 0 radical (unpaired) electrons. The van der Waals surface area contributed by atoms with E-state index in [9.17, 15) is 18.8 Å². The summed E-state index contributed by atoms with van der Waals surface area (Å²) in [7, 11) is 0. The summed E-state index contributed by atoms with van der Waals surface area (Å²) in [6.45, 7) is 7.03. The molecule has 1 aromatic heterocycles. The zero-order valence-corrected chi connectivity index (χ0v) is 20.4. The number of piperazine rings is 1. The molecular formula is C23H32ClFN6O3. The fourth-order valence-corrected chi connectivity index (χ4v) is 4.32. The molecule has 0 unspecified atom stereocenters. The van der Waals surface area contributed by atoms with Crippen molar-refractivity contribution in [2.24, 2.45) is 0 Å². The molecule has 3 rings (SSSR count). The lowest BCUT2D eigenvalue weighted by Crippen LogP contribution is -2.51. The summed E-state index contributed by atoms with van der Waals surface area (Å²) < 4.78 is 15.4. The number of benzene rings is 1. The van der Waals surface area contributed by atoms with Gasteiger partial charge in [0.2, 0.25) is 5.91 Å². The van der Waals surface area contributed by atoms with E-state index in [0.29, 0.717) is 56.4 Å². The van der Waals surface area contributed by atoms with Crippen molar-refractivity contribution < 1.29 is 9.18 Å². The zero-order valence-electron chi connectivity index (χ0n) is 19.6. The van der Waals surface area contributed by atoms with Crippen LogP contribution in [0.4, 0.5) is 15.9 Å². The molecule has 2 heterocycles. The van der Waals surface area contributed by atoms with Crippen LogP contribution in [0.5, 0.6) is 0 Å². The van der Waals surface area contributed by atoms with Crippen LogP contribution in [-0.2, 0) is 17.9 Å². The maximum atomic E-state index is 14.1. The van der Waals surface area contributed by atoms with Gasteiger partial charge in [0.1, 0.15) is 17.3 Å². The summed E-state index contributed by atoms with van der Waals surface area (Å²) in [5.74, 6) is -0.411. The van der Waals surface area contributed by atoms with Crippen molar-refractivity contribution in [2.45, 2.75) is 39.8 Å². The predicted octanol–water partition coefficient (Wildman–Crippen LogP) is 1.88. The first-order valence-electron chi connectivity index (χ1n) is 11.6. The highest BCUT2D eigenvalue weighted by atomic mass is 35.5. The molecule has 186 valence electrons. The Labute approximate surface area is 202 Å². The van der Waals surface area contributed by atoms with Gasteiger partial charge in [-0.1, -0.05) is 31.0 Å². The quantitative estimate of drug-likeness (QED) is 0.551. The summed E-state index contributed by atoms with van der Waals surface area (Å²) in [5.41, 5.74) is 5.64. The molecule has 1 saturated heterocycles. The molecule has 3 N–H and O–H groups in total. The van der Waals surface area contributed by atoms with Crippen molar-refractivity contribution in [3.8, 4) is 0 Å². The van der Waals surface area contributed by atoms with E-state index < -0.39 is 11.2 Å². The third-order valence-electron chi connectivity index (χ3n) is 6.14. The first-order chi connectivity index (χ1) is 16.3. The molecule has 1 amide bonds. The number of likely N-dealkylation sites (N-methyl/N-ethyl adjacent to an activating group) is 1. The minimum atomic E-state index is -0.600. The van der Waals surface area contributed by atoms with Gasteiger partial charge in [-0.05, 0) is 25.5 Å². The SMILES string of the molecule is CCCCn1c(N)c(N(CC)CC(=O)N2CCN(Cc3c(F)cccc3Cl)CC2)c(=O)[nH]c1=O. The normalized spacial score (nSPS) is 14.4. The van der Waals surface area contributed by atoms with Gasteiger partial charge in [-0.2, -0.15) is 0 Å². The van der Waals surface area contributed by atoms with Crippen molar-refractivity contribution in [1.29, 1.82) is 0 Å². The smallest absolute Gasteiger partial charge is 0.330 e. The van der Waals surface area contributed by atoms with Crippen molar-refractivity contribution in [2.75, 3.05) is 49.9 Å². The largest absolute Gasteiger partial charge is 0.383 e. The molecule has 1 aromatic carbocycles. The molecule has 1 fully saturated rings. The maximum absolute atomic E-state index is 14.1. The van der Waals surface area contributed by atoms with Crippen molar-refractivity contribution >= 4 is 29.0 Å². The predicted molar refractivity (Wildman–Crippen MR) is 132 cm³/mol. The molecule has 11 heteroatoms. The minimum Gasteiger partial charge on any atom is -0.383 e. The first kappa shape index (κ1) is 25.8. The van der Waals surface area contributed by atoms with E-state index in [-0.39, 0.29) is 29.8 Å². The van der Waals surface area contributed by atoms with E-state index in [1.807, 2.05) is 13.8 Å². The van der Waals surface area contributed by atoms with E-state index in [1.165, 1.54) is 10.6 Å². The molecule has 9 nitrogen and oxygen atoms in total. The molecule has 0 bridgehead atoms. The van der Waals surface area contributed by atoms with Gasteiger partial charge in [0.05, 0.1) is 6.54 Å². The molecule has 0 aliphatic carbocycles. The van der Waals surface area contributed by atoms with Crippen LogP contribution in [0.15, 0.2) is 27.8 Å². The third-order valence-corrected chi connectivity index (χ3v) is 6.50. The van der Waals surface area contributed by atoms with Crippen molar-refractivity contribution in [3.63, 3.8) is 0 Å². The van der Waals surface area contributed by atoms with Crippen molar-refractivity contribution in [3.05, 3.63) is 55.4 Å². The van der Waals surface area contributed by atoms with Gasteiger partial charge in [0.25, 0.3) is 5.56 Å². The Balaban J connectivity index is 1.66. The zero-order chi connectivity index (χ0) is 24.8. The van der Waals surface area contributed by atoms with E-state index in [1.54, 1.807) is 21.9 Å². The lowest BCUT2D eigenvalue weighted by molar-refractivity contribution is -0.131. The monoisotopic (exact) mass is 494 g/mol. The van der Waals surface area contributed by atoms with Gasteiger partial charge in [-0.15, -0.1) is 0 Å². The number of nitrogens with one attached hydrogen (secondary N) is 1. The second-order valence-electron chi connectivity index (χ2n) is 8.37. The van der Waals surface area contributed by atoms with E-state index in [2.05, 4.69) is 9.88 Å². The fraction of sp³-hybridized carbons (Fsp3) is 0.522. The maximum Gasteiger partial charge on any atom is 0.330 e. The molecule has 34 heavy (non-hydrogen) atoms. The molecule has 0 spiro atoms. The van der Waals surface area contributed by atoms with Gasteiger partial charge in [0.15, 0.2) is 0 Å². The highest BCUT2D eigenvalue weighted by Gasteiger charge is 2.26. The summed E-state index contributed by atoms with van der Waals surface area (Å²) in [4.78, 5) is 45.5. The van der Waals surface area contributed by atoms with Crippen LogP contribution in [0.3, 0.4) is 0 Å². The molecular weight excluding hydrogens is 463 g/mol. The number of rotatable bonds is 9. The van der Waals surface area contributed by atoms with Gasteiger partial charge < -0.3 is 15.5 Å². The molecule has 1 aliphatic rings. The topological polar surface area (TPSA) is 108 Å². The minimum absolute atomic E-state index is 0.0328. The molecule has 0 saturated carbocycles. The van der Waals surface area contributed by atoms with Crippen LogP contribution >= 0.6 is 11.6 Å². The van der Waals surface area contributed by atoms with E-state index in [4.69, 9.17) is 17.3 Å². The second kappa shape index (κ2) is 11.5. The van der Waals surface area contributed by atoms with Crippen LogP contribution in [-0.4, -0.2) is 64.5 Å². The summed E-state index contributed by atoms with van der Waals surface area (Å²) in [5, 5.41) is 0.389. The number of carbonyl (C=O) groups is 1. The average molecular weight is 495 g/mol. The van der Waals surface area contributed by atoms with Crippen molar-refractivity contribution in [1.82, 2.24) is 19.4 Å². The first-order valence-corrected chi connectivity index (χ1v) is 11.9. The number of halogens is 2. The van der Waals surface area contributed by atoms with E-state index >= 15 is 0 Å². The number of hydrogen-bond acceptors (Lipinski definition) is 6. The standard InChI is InChI=1S/C23H32ClFN6O3/c1-3-5-9-31-21(26)20(22(33)27-23(31)34)29(4-2)15-19(32)30-12-10-28(11-13-30)14-16-17(24)7-6-8-18(16)25/h6-8H,3-5,9-15,26H2,1-2H3,(H,27,33,34). The van der Waals surface area contributed by atoms with Gasteiger partial charge in [-0.25, -0.2) is 9.18 Å². The van der Waals surface area contributed by atoms with Gasteiger partial charge >= 0.3 is 5.69 Å². The van der Waals surface area contributed by atoms with Gasteiger partial charge in [0, 0.05) is 56.4 Å². The number of H-pyrrole nitrogens is 1. The van der Waals surface area contributed by atoms with Crippen LogP contribution < -0.4 is 21.9 Å². The molecule has 1 aliphatic heterocycles. The fourth-order valence-electron chi connectivity index (χ4n) is 4.10. The Hall–Kier alpha value is -2.85. The molecule has 0 atom stereocenters.